The molecule has 4 aliphatic heterocycles. The average Bonchev–Trinajstić information content (AvgIpc) is 3.46. The third kappa shape index (κ3) is 6.04. The molecule has 6 amide bonds. The summed E-state index contributed by atoms with van der Waals surface area (Å²) in [6.45, 7) is 8.92. The monoisotopic (exact) mass is 568 g/mol. The Morgan fingerprint density at radius 3 is 2.41 bits per heavy atom. The van der Waals surface area contributed by atoms with Gasteiger partial charge in [-0.1, -0.05) is 6.07 Å². The topological polar surface area (TPSA) is 149 Å². The number of ether oxygens (including phenoxy) is 1. The van der Waals surface area contributed by atoms with Crippen LogP contribution < -0.4 is 15.5 Å². The molecule has 1 aromatic rings. The van der Waals surface area contributed by atoms with Crippen LogP contribution >= 0.6 is 0 Å². The Kier molecular flexibility index (Phi) is 7.73. The predicted molar refractivity (Wildman–Crippen MR) is 146 cm³/mol. The van der Waals surface area contributed by atoms with E-state index < -0.39 is 41.4 Å². The maximum atomic E-state index is 13.4. The van der Waals surface area contributed by atoms with Crippen LogP contribution in [0.5, 0.6) is 0 Å². The molecular weight excluding hydrogens is 532 g/mol. The fraction of sp³-hybridized carbons (Fsp3) is 0.571. The number of piperidine rings is 1. The summed E-state index contributed by atoms with van der Waals surface area (Å²) in [5.41, 5.74) is 0.554. The fourth-order valence-electron chi connectivity index (χ4n) is 5.78. The molecule has 0 aromatic heterocycles. The number of hydrogen-bond acceptors (Lipinski definition) is 9. The van der Waals surface area contributed by atoms with Crippen LogP contribution in [0.4, 0.5) is 10.5 Å². The zero-order chi connectivity index (χ0) is 29.5. The van der Waals surface area contributed by atoms with Crippen LogP contribution in [-0.4, -0.2) is 114 Å². The van der Waals surface area contributed by atoms with Crippen LogP contribution in [0.15, 0.2) is 18.2 Å². The van der Waals surface area contributed by atoms with Crippen molar-refractivity contribution in [1.29, 1.82) is 0 Å². The molecule has 13 nitrogen and oxygen atoms in total. The van der Waals surface area contributed by atoms with Gasteiger partial charge in [0.1, 0.15) is 11.6 Å². The molecule has 4 heterocycles. The van der Waals surface area contributed by atoms with E-state index in [9.17, 15) is 28.8 Å². The van der Waals surface area contributed by atoms with Gasteiger partial charge < -0.3 is 19.9 Å². The van der Waals surface area contributed by atoms with Gasteiger partial charge in [-0.25, -0.2) is 4.79 Å². The van der Waals surface area contributed by atoms with Crippen LogP contribution in [0, 0.1) is 0 Å². The normalized spacial score (nSPS) is 23.5. The van der Waals surface area contributed by atoms with E-state index in [0.717, 1.165) is 4.90 Å². The van der Waals surface area contributed by atoms with Gasteiger partial charge >= 0.3 is 6.09 Å². The second-order valence-electron chi connectivity index (χ2n) is 11.9. The van der Waals surface area contributed by atoms with Crippen molar-refractivity contribution in [2.24, 2.45) is 0 Å². The molecule has 2 atom stereocenters. The molecule has 1 unspecified atom stereocenters. The maximum absolute atomic E-state index is 13.4. The smallest absolute Gasteiger partial charge is 0.407 e. The van der Waals surface area contributed by atoms with Crippen molar-refractivity contribution in [3.63, 3.8) is 0 Å². The third-order valence-electron chi connectivity index (χ3n) is 7.78. The summed E-state index contributed by atoms with van der Waals surface area (Å²) in [5.74, 6) is -2.12. The second-order valence-corrected chi connectivity index (χ2v) is 11.9. The molecule has 0 aliphatic carbocycles. The number of hydrogen-bond donors (Lipinski definition) is 2. The lowest BCUT2D eigenvalue weighted by atomic mass is 10.0. The van der Waals surface area contributed by atoms with Gasteiger partial charge in [-0.3, -0.25) is 39.1 Å². The lowest BCUT2D eigenvalue weighted by Gasteiger charge is -2.37. The number of nitrogens with zero attached hydrogens (tertiary/aromatic N) is 4. The zero-order valence-electron chi connectivity index (χ0n) is 23.6. The van der Waals surface area contributed by atoms with Crippen LogP contribution in [0.1, 0.15) is 60.7 Å². The SMILES string of the molecule is CC(C)(C)OC(=O)N[C@H]1CCN(C(=O)CN2CCN(c3cccc4c3C(=O)N(C3CCC(=O)NC3=O)C4=O)CC2)C1. The van der Waals surface area contributed by atoms with Crippen molar-refractivity contribution < 1.29 is 33.5 Å². The molecule has 13 heteroatoms. The van der Waals surface area contributed by atoms with Crippen molar-refractivity contribution in [1.82, 2.24) is 25.3 Å². The summed E-state index contributed by atoms with van der Waals surface area (Å²) in [6, 6.07) is 3.94. The van der Waals surface area contributed by atoms with Crippen molar-refractivity contribution >= 4 is 41.3 Å². The van der Waals surface area contributed by atoms with Gasteiger partial charge in [0.25, 0.3) is 11.8 Å². The molecule has 41 heavy (non-hydrogen) atoms. The van der Waals surface area contributed by atoms with Crippen molar-refractivity contribution in [3.8, 4) is 0 Å². The van der Waals surface area contributed by atoms with E-state index in [2.05, 4.69) is 15.5 Å². The third-order valence-corrected chi connectivity index (χ3v) is 7.78. The number of fused-ring (bicyclic) bond motifs is 1. The lowest BCUT2D eigenvalue weighted by molar-refractivity contribution is -0.136. The molecule has 0 spiro atoms. The van der Waals surface area contributed by atoms with Gasteiger partial charge in [0.05, 0.1) is 29.4 Å². The molecule has 0 bridgehead atoms. The van der Waals surface area contributed by atoms with E-state index in [0.29, 0.717) is 51.4 Å². The van der Waals surface area contributed by atoms with Crippen LogP contribution in [0.25, 0.3) is 0 Å². The number of piperazine rings is 1. The number of carbonyl (C=O) groups is 6. The number of rotatable bonds is 5. The maximum Gasteiger partial charge on any atom is 0.407 e. The molecule has 0 radical (unpaired) electrons. The van der Waals surface area contributed by atoms with Crippen molar-refractivity contribution in [2.75, 3.05) is 50.7 Å². The number of alkyl carbamates (subject to hydrolysis) is 1. The highest BCUT2D eigenvalue weighted by molar-refractivity contribution is 6.25. The first-order valence-electron chi connectivity index (χ1n) is 14.0. The Morgan fingerprint density at radius 1 is 1.00 bits per heavy atom. The standard InChI is InChI=1S/C28H36N6O7/c1-28(2,3)41-27(40)29-17-9-10-33(15-17)22(36)16-31-11-13-32(14-12-31)19-6-4-5-18-23(19)26(39)34(25(18)38)20-7-8-21(35)30-24(20)37/h4-6,17,20H,7-16H2,1-3H3,(H,29,40)(H,30,35,37)/t17-,20?/m0/s1. The first-order valence-corrected chi connectivity index (χ1v) is 14.0. The number of likely N-dealkylation sites (tertiary alicyclic amines) is 1. The molecule has 4 aliphatic rings. The largest absolute Gasteiger partial charge is 0.444 e. The van der Waals surface area contributed by atoms with Crippen molar-refractivity contribution in [2.45, 2.75) is 57.7 Å². The minimum Gasteiger partial charge on any atom is -0.444 e. The number of nitrogens with one attached hydrogen (secondary N) is 2. The van der Waals surface area contributed by atoms with E-state index in [-0.39, 0.29) is 42.5 Å². The Morgan fingerprint density at radius 2 is 1.73 bits per heavy atom. The highest BCUT2D eigenvalue weighted by Gasteiger charge is 2.46. The lowest BCUT2D eigenvalue weighted by Crippen LogP contribution is -2.54. The molecule has 5 rings (SSSR count). The Labute approximate surface area is 238 Å². The van der Waals surface area contributed by atoms with Gasteiger partial charge in [0.15, 0.2) is 0 Å². The first-order chi connectivity index (χ1) is 19.4. The zero-order valence-corrected chi connectivity index (χ0v) is 23.6. The Balaban J connectivity index is 1.16. The molecule has 0 saturated carbocycles. The van der Waals surface area contributed by atoms with Crippen molar-refractivity contribution in [3.05, 3.63) is 29.3 Å². The Bertz CT molecular complexity index is 1280. The highest BCUT2D eigenvalue weighted by atomic mass is 16.6. The van der Waals surface area contributed by atoms with Crippen LogP contribution in [0.3, 0.4) is 0 Å². The predicted octanol–water partition coefficient (Wildman–Crippen LogP) is 0.335. The number of imide groups is 2. The van der Waals surface area contributed by atoms with Gasteiger partial charge in [-0.05, 0) is 45.7 Å². The summed E-state index contributed by atoms with van der Waals surface area (Å²) in [4.78, 5) is 82.4. The van der Waals surface area contributed by atoms with Gasteiger partial charge in [0.2, 0.25) is 17.7 Å². The van der Waals surface area contributed by atoms with Crippen LogP contribution in [-0.2, 0) is 19.1 Å². The number of carbonyl (C=O) groups excluding carboxylic acids is 6. The Hall–Kier alpha value is -4.00. The molecule has 1 aromatic carbocycles. The summed E-state index contributed by atoms with van der Waals surface area (Å²) >= 11 is 0. The molecule has 2 N–H and O–H groups in total. The second kappa shape index (κ2) is 11.1. The highest BCUT2D eigenvalue weighted by Crippen LogP contribution is 2.34. The van der Waals surface area contributed by atoms with Gasteiger partial charge in [-0.15, -0.1) is 0 Å². The fourth-order valence-corrected chi connectivity index (χ4v) is 5.78. The summed E-state index contributed by atoms with van der Waals surface area (Å²) in [5, 5.41) is 5.05. The van der Waals surface area contributed by atoms with E-state index in [4.69, 9.17) is 4.74 Å². The molecule has 3 saturated heterocycles. The summed E-state index contributed by atoms with van der Waals surface area (Å²) in [7, 11) is 0. The van der Waals surface area contributed by atoms with Crippen LogP contribution in [0.2, 0.25) is 0 Å². The minimum absolute atomic E-state index is 0.00630. The number of amides is 6. The molecular formula is C28H36N6O7. The number of anilines is 1. The molecule has 220 valence electrons. The van der Waals surface area contributed by atoms with Gasteiger partial charge in [0, 0.05) is 45.7 Å². The number of benzene rings is 1. The van der Waals surface area contributed by atoms with Gasteiger partial charge in [-0.2, -0.15) is 0 Å². The van der Waals surface area contributed by atoms with E-state index in [1.807, 2.05) is 4.90 Å². The quantitative estimate of drug-likeness (QED) is 0.480. The molecule has 3 fully saturated rings. The average molecular weight is 569 g/mol. The van der Waals surface area contributed by atoms with E-state index >= 15 is 0 Å². The minimum atomic E-state index is -1.01. The summed E-state index contributed by atoms with van der Waals surface area (Å²) < 4.78 is 5.31. The summed E-state index contributed by atoms with van der Waals surface area (Å²) in [6.07, 6.45) is 0.351. The van der Waals surface area contributed by atoms with E-state index in [1.165, 1.54) is 0 Å². The van der Waals surface area contributed by atoms with E-state index in [1.54, 1.807) is 43.9 Å². The first kappa shape index (κ1) is 28.5.